The van der Waals surface area contributed by atoms with Crippen LogP contribution >= 0.6 is 39.7 Å². The predicted molar refractivity (Wildman–Crippen MR) is 113 cm³/mol. The zero-order chi connectivity index (χ0) is 19.6. The Hall–Kier alpha value is -2.22. The lowest BCUT2D eigenvalue weighted by atomic mass is 10.1. The first kappa shape index (κ1) is 19.5. The van der Waals surface area contributed by atoms with Gasteiger partial charge in [-0.1, -0.05) is 39.7 Å². The van der Waals surface area contributed by atoms with Crippen LogP contribution in [0.2, 0.25) is 5.02 Å². The first-order valence-corrected chi connectivity index (χ1v) is 9.58. The average Bonchev–Trinajstić information content (AvgIpc) is 2.62. The van der Waals surface area contributed by atoms with Crippen LogP contribution in [-0.4, -0.2) is 23.5 Å². The van der Waals surface area contributed by atoms with Crippen LogP contribution in [0.5, 0.6) is 5.75 Å². The summed E-state index contributed by atoms with van der Waals surface area (Å²) in [6.45, 7) is 2.31. The minimum atomic E-state index is -0.573. The highest BCUT2D eigenvalue weighted by Gasteiger charge is 2.35. The number of ether oxygens (including phenoxy) is 1. The van der Waals surface area contributed by atoms with Crippen LogP contribution in [0.4, 0.5) is 5.69 Å². The van der Waals surface area contributed by atoms with Crippen LogP contribution < -0.4 is 15.0 Å². The second-order valence-corrected chi connectivity index (χ2v) is 7.23. The molecule has 138 valence electrons. The first-order valence-electron chi connectivity index (χ1n) is 8.00. The fraction of sp³-hybridized carbons (Fsp3) is 0.105. The summed E-state index contributed by atoms with van der Waals surface area (Å²) in [4.78, 5) is 26.7. The second-order valence-electron chi connectivity index (χ2n) is 5.52. The molecule has 3 rings (SSSR count). The molecule has 0 aromatic heterocycles. The van der Waals surface area contributed by atoms with Gasteiger partial charge in [0.1, 0.15) is 11.3 Å². The van der Waals surface area contributed by atoms with Crippen molar-refractivity contribution in [1.82, 2.24) is 5.32 Å². The van der Waals surface area contributed by atoms with Gasteiger partial charge >= 0.3 is 0 Å². The molecule has 2 amide bonds. The number of carbonyl (C=O) groups is 2. The number of nitrogens with zero attached hydrogens (tertiary/aromatic N) is 1. The van der Waals surface area contributed by atoms with Crippen molar-refractivity contribution < 1.29 is 14.3 Å². The number of para-hydroxylation sites is 1. The minimum absolute atomic E-state index is 0.0190. The van der Waals surface area contributed by atoms with Gasteiger partial charge in [0.05, 0.1) is 17.3 Å². The fourth-order valence-electron chi connectivity index (χ4n) is 2.58. The third-order valence-electron chi connectivity index (χ3n) is 3.77. The number of halogens is 2. The summed E-state index contributed by atoms with van der Waals surface area (Å²) in [5.74, 6) is -0.568. The van der Waals surface area contributed by atoms with Crippen LogP contribution in [-0.2, 0) is 9.59 Å². The van der Waals surface area contributed by atoms with Crippen molar-refractivity contribution in [2.24, 2.45) is 0 Å². The highest BCUT2D eigenvalue weighted by atomic mass is 79.9. The number of carbonyl (C=O) groups excluding carboxylic acids is 2. The number of nitrogens with one attached hydrogen (secondary N) is 1. The number of rotatable bonds is 4. The van der Waals surface area contributed by atoms with Crippen molar-refractivity contribution in [3.05, 3.63) is 63.1 Å². The molecule has 0 bridgehead atoms. The van der Waals surface area contributed by atoms with E-state index in [1.54, 1.807) is 36.4 Å². The molecule has 0 aliphatic carbocycles. The normalized spacial score (nSPS) is 15.9. The molecule has 8 heteroatoms. The predicted octanol–water partition coefficient (Wildman–Crippen LogP) is 4.33. The van der Waals surface area contributed by atoms with E-state index >= 15 is 0 Å². The van der Waals surface area contributed by atoms with Gasteiger partial charge < -0.3 is 4.74 Å². The van der Waals surface area contributed by atoms with E-state index in [9.17, 15) is 9.59 Å². The zero-order valence-corrected chi connectivity index (χ0v) is 17.3. The van der Waals surface area contributed by atoms with Crippen LogP contribution in [0, 0.1) is 0 Å². The molecule has 0 radical (unpaired) electrons. The molecule has 1 aliphatic heterocycles. The Morgan fingerprint density at radius 2 is 2.00 bits per heavy atom. The number of hydrogen-bond acceptors (Lipinski definition) is 4. The van der Waals surface area contributed by atoms with Gasteiger partial charge in [-0.3, -0.25) is 19.8 Å². The molecular weight excluding hydrogens is 452 g/mol. The third kappa shape index (κ3) is 4.05. The topological polar surface area (TPSA) is 58.6 Å². The molecule has 2 aromatic rings. The van der Waals surface area contributed by atoms with E-state index in [0.29, 0.717) is 28.6 Å². The SMILES string of the molecule is CCOc1ccc(Br)cc1/C=C1\C(=O)NC(=S)N(c2ccccc2Cl)C1=O. The molecule has 0 unspecified atom stereocenters. The van der Waals surface area contributed by atoms with Gasteiger partial charge in [-0.15, -0.1) is 0 Å². The maximum atomic E-state index is 13.1. The quantitative estimate of drug-likeness (QED) is 0.415. The Kier molecular flexibility index (Phi) is 5.94. The summed E-state index contributed by atoms with van der Waals surface area (Å²) in [5, 5.41) is 2.87. The molecule has 1 aliphatic rings. The molecule has 0 saturated carbocycles. The number of anilines is 1. The lowest BCUT2D eigenvalue weighted by Crippen LogP contribution is -2.54. The van der Waals surface area contributed by atoms with E-state index in [1.807, 2.05) is 13.0 Å². The van der Waals surface area contributed by atoms with Crippen molar-refractivity contribution in [1.29, 1.82) is 0 Å². The Morgan fingerprint density at radius 1 is 1.26 bits per heavy atom. The third-order valence-corrected chi connectivity index (χ3v) is 4.86. The van der Waals surface area contributed by atoms with Crippen molar-refractivity contribution in [3.8, 4) is 5.75 Å². The smallest absolute Gasteiger partial charge is 0.270 e. The summed E-state index contributed by atoms with van der Waals surface area (Å²) < 4.78 is 6.38. The summed E-state index contributed by atoms with van der Waals surface area (Å²) in [7, 11) is 0. The van der Waals surface area contributed by atoms with Gasteiger partial charge in [0.25, 0.3) is 11.8 Å². The molecule has 27 heavy (non-hydrogen) atoms. The summed E-state index contributed by atoms with van der Waals surface area (Å²) in [6.07, 6.45) is 1.49. The molecule has 1 saturated heterocycles. The lowest BCUT2D eigenvalue weighted by Gasteiger charge is -2.29. The largest absolute Gasteiger partial charge is 0.493 e. The highest BCUT2D eigenvalue weighted by molar-refractivity contribution is 9.10. The standard InChI is InChI=1S/C19H14BrClN2O3S/c1-2-26-16-8-7-12(20)9-11(16)10-13-17(24)22-19(27)23(18(13)25)15-6-4-3-5-14(15)21/h3-10H,2H2,1H3,(H,22,24,27)/b13-10+. The molecule has 1 N–H and O–H groups in total. The number of benzene rings is 2. The molecule has 1 heterocycles. The maximum Gasteiger partial charge on any atom is 0.270 e. The van der Waals surface area contributed by atoms with Crippen LogP contribution in [0.25, 0.3) is 6.08 Å². The monoisotopic (exact) mass is 464 g/mol. The van der Waals surface area contributed by atoms with Gasteiger partial charge in [-0.25, -0.2) is 0 Å². The molecule has 2 aromatic carbocycles. The van der Waals surface area contributed by atoms with Crippen molar-refractivity contribution in [2.45, 2.75) is 6.92 Å². The Morgan fingerprint density at radius 3 is 2.70 bits per heavy atom. The summed E-state index contributed by atoms with van der Waals surface area (Å²) >= 11 is 14.8. The van der Waals surface area contributed by atoms with Crippen LogP contribution in [0.1, 0.15) is 12.5 Å². The van der Waals surface area contributed by atoms with Crippen molar-refractivity contribution in [2.75, 3.05) is 11.5 Å². The van der Waals surface area contributed by atoms with Crippen LogP contribution in [0.3, 0.4) is 0 Å². The van der Waals surface area contributed by atoms with Gasteiger partial charge in [-0.2, -0.15) is 0 Å². The van der Waals surface area contributed by atoms with Gasteiger partial charge in [-0.05, 0) is 55.5 Å². The van der Waals surface area contributed by atoms with E-state index < -0.39 is 11.8 Å². The summed E-state index contributed by atoms with van der Waals surface area (Å²) in [6, 6.07) is 12.1. The molecule has 0 atom stereocenters. The van der Waals surface area contributed by atoms with Crippen LogP contribution in [0.15, 0.2) is 52.5 Å². The average molecular weight is 466 g/mol. The van der Waals surface area contributed by atoms with Crippen molar-refractivity contribution in [3.63, 3.8) is 0 Å². The maximum absolute atomic E-state index is 13.1. The van der Waals surface area contributed by atoms with Gasteiger partial charge in [0.2, 0.25) is 0 Å². The van der Waals surface area contributed by atoms with Crippen molar-refractivity contribution >= 4 is 68.4 Å². The van der Waals surface area contributed by atoms with E-state index in [1.165, 1.54) is 11.0 Å². The van der Waals surface area contributed by atoms with E-state index in [-0.39, 0.29) is 10.7 Å². The fourth-order valence-corrected chi connectivity index (χ4v) is 3.46. The first-order chi connectivity index (χ1) is 12.9. The number of hydrogen-bond donors (Lipinski definition) is 1. The Balaban J connectivity index is 2.08. The van der Waals surface area contributed by atoms with E-state index in [2.05, 4.69) is 21.2 Å². The van der Waals surface area contributed by atoms with Gasteiger partial charge in [0.15, 0.2) is 5.11 Å². The Labute approximate surface area is 175 Å². The molecule has 0 spiro atoms. The second kappa shape index (κ2) is 8.21. The van der Waals surface area contributed by atoms with E-state index in [0.717, 1.165) is 4.47 Å². The minimum Gasteiger partial charge on any atom is -0.493 e. The Bertz CT molecular complexity index is 977. The lowest BCUT2D eigenvalue weighted by molar-refractivity contribution is -0.122. The number of amides is 2. The highest BCUT2D eigenvalue weighted by Crippen LogP contribution is 2.30. The number of thiocarbonyl (C=S) groups is 1. The van der Waals surface area contributed by atoms with E-state index in [4.69, 9.17) is 28.6 Å². The molecule has 5 nitrogen and oxygen atoms in total. The zero-order valence-electron chi connectivity index (χ0n) is 14.2. The molecular formula is C19H14BrClN2O3S. The molecule has 1 fully saturated rings. The summed E-state index contributed by atoms with van der Waals surface area (Å²) in [5.41, 5.74) is 0.929. The van der Waals surface area contributed by atoms with Gasteiger partial charge in [0, 0.05) is 10.0 Å².